The van der Waals surface area contributed by atoms with Crippen LogP contribution in [0.25, 0.3) is 11.1 Å². The molecule has 0 aliphatic rings. The van der Waals surface area contributed by atoms with Gasteiger partial charge in [0.05, 0.1) is 7.11 Å². The van der Waals surface area contributed by atoms with E-state index in [1.54, 1.807) is 43.5 Å². The summed E-state index contributed by atoms with van der Waals surface area (Å²) < 4.78 is 25.4. The predicted octanol–water partition coefficient (Wildman–Crippen LogP) is 3.79. The molecule has 160 valence electrons. The number of amidine groups is 1. The van der Waals surface area contributed by atoms with Crippen molar-refractivity contribution in [2.75, 3.05) is 14.2 Å². The van der Waals surface area contributed by atoms with Crippen LogP contribution in [-0.2, 0) is 16.1 Å². The van der Waals surface area contributed by atoms with E-state index in [1.807, 2.05) is 24.3 Å². The molecule has 0 aliphatic heterocycles. The third-order valence-electron chi connectivity index (χ3n) is 4.89. The van der Waals surface area contributed by atoms with E-state index in [1.165, 1.54) is 13.2 Å². The summed E-state index contributed by atoms with van der Waals surface area (Å²) in [6, 6.07) is 18.9. The highest BCUT2D eigenvalue weighted by molar-refractivity contribution is 5.94. The van der Waals surface area contributed by atoms with Gasteiger partial charge in [-0.15, -0.1) is 0 Å². The van der Waals surface area contributed by atoms with Gasteiger partial charge in [0.25, 0.3) is 5.91 Å². The zero-order chi connectivity index (χ0) is 22.4. The van der Waals surface area contributed by atoms with Gasteiger partial charge in [0, 0.05) is 24.8 Å². The Balaban J connectivity index is 1.73. The van der Waals surface area contributed by atoms with Crippen molar-refractivity contribution < 1.29 is 18.7 Å². The van der Waals surface area contributed by atoms with Gasteiger partial charge in [0.1, 0.15) is 17.4 Å². The molecule has 3 rings (SSSR count). The number of methoxy groups -OCH3 is 2. The van der Waals surface area contributed by atoms with Crippen molar-refractivity contribution >= 4 is 11.7 Å². The maximum atomic E-state index is 14.9. The van der Waals surface area contributed by atoms with Gasteiger partial charge in [0.2, 0.25) is 0 Å². The second kappa shape index (κ2) is 9.86. The lowest BCUT2D eigenvalue weighted by Crippen LogP contribution is -2.30. The quantitative estimate of drug-likeness (QED) is 0.381. The molecule has 1 atom stereocenters. The normalized spacial score (nSPS) is 11.6. The van der Waals surface area contributed by atoms with Gasteiger partial charge in [-0.25, -0.2) is 4.39 Å². The lowest BCUT2D eigenvalue weighted by atomic mass is 10.0. The number of halogens is 1. The van der Waals surface area contributed by atoms with Crippen LogP contribution in [-0.4, -0.2) is 26.0 Å². The lowest BCUT2D eigenvalue weighted by molar-refractivity contribution is -0.131. The molecule has 0 aromatic heterocycles. The van der Waals surface area contributed by atoms with E-state index in [-0.39, 0.29) is 17.9 Å². The topological polar surface area (TPSA) is 97.4 Å². The molecule has 0 unspecified atom stereocenters. The molecule has 0 radical (unpaired) electrons. The largest absolute Gasteiger partial charge is 0.497 e. The molecule has 31 heavy (non-hydrogen) atoms. The number of carbonyl (C=O) groups is 1. The minimum atomic E-state index is -1.09. The van der Waals surface area contributed by atoms with Crippen LogP contribution in [0.15, 0.2) is 66.7 Å². The number of carbonyl (C=O) groups excluding carboxylic acids is 1. The summed E-state index contributed by atoms with van der Waals surface area (Å²) in [6.07, 6.45) is -1.09. The number of hydrogen-bond donors (Lipinski definition) is 3. The molecule has 6 nitrogen and oxygen atoms in total. The number of rotatable bonds is 8. The third-order valence-corrected chi connectivity index (χ3v) is 4.89. The summed E-state index contributed by atoms with van der Waals surface area (Å²) >= 11 is 0. The number of hydrogen-bond acceptors (Lipinski definition) is 4. The van der Waals surface area contributed by atoms with E-state index in [0.29, 0.717) is 16.9 Å². The molecule has 0 fully saturated rings. The number of nitrogen functional groups attached to an aromatic ring is 1. The highest BCUT2D eigenvalue weighted by Crippen LogP contribution is 2.28. The van der Waals surface area contributed by atoms with Crippen molar-refractivity contribution in [3.63, 3.8) is 0 Å². The van der Waals surface area contributed by atoms with Crippen molar-refractivity contribution in [3.05, 3.63) is 89.2 Å². The Morgan fingerprint density at radius 1 is 1.06 bits per heavy atom. The van der Waals surface area contributed by atoms with E-state index in [0.717, 1.165) is 11.1 Å². The van der Waals surface area contributed by atoms with E-state index in [2.05, 4.69) is 5.32 Å². The second-order valence-corrected chi connectivity index (χ2v) is 6.91. The summed E-state index contributed by atoms with van der Waals surface area (Å²) in [5.74, 6) is -0.338. The minimum Gasteiger partial charge on any atom is -0.497 e. The van der Waals surface area contributed by atoms with E-state index in [9.17, 15) is 9.18 Å². The Kier molecular flexibility index (Phi) is 6.99. The summed E-state index contributed by atoms with van der Waals surface area (Å²) in [7, 11) is 2.93. The van der Waals surface area contributed by atoms with Crippen LogP contribution in [0.1, 0.15) is 22.8 Å². The molecule has 0 saturated heterocycles. The zero-order valence-electron chi connectivity index (χ0n) is 17.3. The summed E-state index contributed by atoms with van der Waals surface area (Å²) in [5.41, 5.74) is 8.48. The van der Waals surface area contributed by atoms with Gasteiger partial charge in [-0.05, 0) is 34.9 Å². The summed E-state index contributed by atoms with van der Waals surface area (Å²) in [6.45, 7) is 0.236. The number of benzene rings is 3. The molecule has 1 amide bonds. The number of nitrogens with two attached hydrogens (primary N) is 1. The molecule has 3 aromatic rings. The van der Waals surface area contributed by atoms with Crippen LogP contribution < -0.4 is 15.8 Å². The first-order chi connectivity index (χ1) is 14.9. The van der Waals surface area contributed by atoms with E-state index >= 15 is 0 Å². The monoisotopic (exact) mass is 421 g/mol. The molecule has 7 heteroatoms. The van der Waals surface area contributed by atoms with Gasteiger partial charge in [-0.2, -0.15) is 0 Å². The molecule has 4 N–H and O–H groups in total. The molecule has 0 aliphatic carbocycles. The van der Waals surface area contributed by atoms with Crippen molar-refractivity contribution in [1.29, 1.82) is 5.41 Å². The van der Waals surface area contributed by atoms with Crippen molar-refractivity contribution in [2.24, 2.45) is 5.73 Å². The number of amides is 1. The maximum Gasteiger partial charge on any atom is 0.254 e. The first-order valence-electron chi connectivity index (χ1n) is 9.60. The maximum absolute atomic E-state index is 14.9. The van der Waals surface area contributed by atoms with Gasteiger partial charge in [-0.3, -0.25) is 10.2 Å². The predicted molar refractivity (Wildman–Crippen MR) is 117 cm³/mol. The SMILES string of the molecule is COc1cccc(-c2ccc([C@@H](OC)C(=O)NCc3ccc(C(=N)N)cc3)c(F)c2)c1. The first-order valence-corrected chi connectivity index (χ1v) is 9.60. The van der Waals surface area contributed by atoms with Gasteiger partial charge < -0.3 is 20.5 Å². The van der Waals surface area contributed by atoms with Crippen molar-refractivity contribution in [2.45, 2.75) is 12.6 Å². The van der Waals surface area contributed by atoms with Gasteiger partial charge >= 0.3 is 0 Å². The average molecular weight is 421 g/mol. The highest BCUT2D eigenvalue weighted by atomic mass is 19.1. The summed E-state index contributed by atoms with van der Waals surface area (Å²) in [5, 5.41) is 10.2. The molecule has 3 aromatic carbocycles. The van der Waals surface area contributed by atoms with Crippen molar-refractivity contribution in [3.8, 4) is 16.9 Å². The fourth-order valence-corrected chi connectivity index (χ4v) is 3.18. The number of ether oxygens (including phenoxy) is 2. The zero-order valence-corrected chi connectivity index (χ0v) is 17.3. The Labute approximate surface area is 180 Å². The molecule has 0 bridgehead atoms. The van der Waals surface area contributed by atoms with Crippen LogP contribution in [0, 0.1) is 11.2 Å². The molecule has 0 heterocycles. The lowest BCUT2D eigenvalue weighted by Gasteiger charge is -2.17. The molecular weight excluding hydrogens is 397 g/mol. The first kappa shape index (κ1) is 22.0. The Hall–Kier alpha value is -3.71. The number of nitrogens with one attached hydrogen (secondary N) is 2. The van der Waals surface area contributed by atoms with E-state index < -0.39 is 17.8 Å². The molecular formula is C24H24FN3O3. The minimum absolute atomic E-state index is 0.0251. The van der Waals surface area contributed by atoms with Crippen LogP contribution in [0.3, 0.4) is 0 Å². The Bertz CT molecular complexity index is 1080. The van der Waals surface area contributed by atoms with Crippen LogP contribution >= 0.6 is 0 Å². The average Bonchev–Trinajstić information content (AvgIpc) is 2.79. The fraction of sp³-hybridized carbons (Fsp3) is 0.167. The second-order valence-electron chi connectivity index (χ2n) is 6.91. The van der Waals surface area contributed by atoms with Crippen molar-refractivity contribution in [1.82, 2.24) is 5.32 Å². The smallest absolute Gasteiger partial charge is 0.254 e. The Morgan fingerprint density at radius 2 is 1.77 bits per heavy atom. The van der Waals surface area contributed by atoms with E-state index in [4.69, 9.17) is 20.6 Å². The fourth-order valence-electron chi connectivity index (χ4n) is 3.18. The summed E-state index contributed by atoms with van der Waals surface area (Å²) in [4.78, 5) is 12.6. The molecule has 0 saturated carbocycles. The Morgan fingerprint density at radius 3 is 2.39 bits per heavy atom. The third kappa shape index (κ3) is 5.26. The standard InChI is InChI=1S/C24H24FN3O3/c1-30-19-5-3-4-17(12-19)18-10-11-20(21(25)13-18)22(31-2)24(29)28-14-15-6-8-16(9-7-15)23(26)27/h3-13,22H,14H2,1-2H3,(H3,26,27)(H,28,29)/t22-/m1/s1. The highest BCUT2D eigenvalue weighted by Gasteiger charge is 2.23. The van der Waals surface area contributed by atoms with Crippen LogP contribution in [0.5, 0.6) is 5.75 Å². The van der Waals surface area contributed by atoms with Gasteiger partial charge in [-0.1, -0.05) is 48.5 Å². The van der Waals surface area contributed by atoms with Crippen LogP contribution in [0.2, 0.25) is 0 Å². The van der Waals surface area contributed by atoms with Gasteiger partial charge in [0.15, 0.2) is 6.10 Å². The van der Waals surface area contributed by atoms with Crippen LogP contribution in [0.4, 0.5) is 4.39 Å². The molecule has 0 spiro atoms.